The SMILES string of the molecule is CCOC(=O)c1[nH]c2ccc(C)cc2c1NC(=O)C[NH+]1CCCCC1. The summed E-state index contributed by atoms with van der Waals surface area (Å²) in [7, 11) is 0. The Hall–Kier alpha value is -2.34. The van der Waals surface area contributed by atoms with Crippen molar-refractivity contribution in [2.75, 3.05) is 31.6 Å². The van der Waals surface area contributed by atoms with Gasteiger partial charge in [-0.2, -0.15) is 0 Å². The maximum atomic E-state index is 12.5. The van der Waals surface area contributed by atoms with Gasteiger partial charge in [-0.05, 0) is 45.2 Å². The van der Waals surface area contributed by atoms with Gasteiger partial charge in [0.2, 0.25) is 0 Å². The molecule has 25 heavy (non-hydrogen) atoms. The number of anilines is 1. The summed E-state index contributed by atoms with van der Waals surface area (Å²) in [6, 6.07) is 5.86. The molecule has 1 aliphatic heterocycles. The van der Waals surface area contributed by atoms with Gasteiger partial charge in [0.05, 0.1) is 25.4 Å². The van der Waals surface area contributed by atoms with Gasteiger partial charge in [0.25, 0.3) is 5.91 Å². The zero-order chi connectivity index (χ0) is 17.8. The highest BCUT2D eigenvalue weighted by Gasteiger charge is 2.23. The summed E-state index contributed by atoms with van der Waals surface area (Å²) in [4.78, 5) is 29.2. The van der Waals surface area contributed by atoms with Crippen LogP contribution in [-0.2, 0) is 9.53 Å². The molecule has 2 aromatic rings. The van der Waals surface area contributed by atoms with Crippen molar-refractivity contribution in [2.24, 2.45) is 0 Å². The van der Waals surface area contributed by atoms with E-state index in [9.17, 15) is 9.59 Å². The molecule has 1 fully saturated rings. The van der Waals surface area contributed by atoms with Crippen LogP contribution in [0.25, 0.3) is 10.9 Å². The van der Waals surface area contributed by atoms with E-state index in [2.05, 4.69) is 10.3 Å². The number of likely N-dealkylation sites (tertiary alicyclic amines) is 1. The normalized spacial score (nSPS) is 15.3. The second-order valence-corrected chi connectivity index (χ2v) is 6.68. The molecule has 0 saturated carbocycles. The van der Waals surface area contributed by atoms with E-state index >= 15 is 0 Å². The molecule has 1 amide bonds. The molecule has 0 spiro atoms. The molecule has 6 heteroatoms. The number of H-pyrrole nitrogens is 1. The molecular weight excluding hydrogens is 318 g/mol. The molecular formula is C19H26N3O3+. The summed E-state index contributed by atoms with van der Waals surface area (Å²) in [6.45, 7) is 6.54. The molecule has 6 nitrogen and oxygen atoms in total. The third-order valence-corrected chi connectivity index (χ3v) is 4.67. The Morgan fingerprint density at radius 1 is 1.24 bits per heavy atom. The molecule has 0 unspecified atom stereocenters. The zero-order valence-corrected chi connectivity index (χ0v) is 14.9. The van der Waals surface area contributed by atoms with Gasteiger partial charge in [0.15, 0.2) is 6.54 Å². The summed E-state index contributed by atoms with van der Waals surface area (Å²) in [5.41, 5.74) is 2.72. The topological polar surface area (TPSA) is 75.6 Å². The standard InChI is InChI=1S/C19H25N3O3/c1-3-25-19(24)18-17(14-11-13(2)7-8-15(14)20-18)21-16(23)12-22-9-5-4-6-10-22/h7-8,11,20H,3-6,9-10,12H2,1-2H3,(H,21,23)/p+1. The zero-order valence-electron chi connectivity index (χ0n) is 14.9. The number of fused-ring (bicyclic) bond motifs is 1. The Kier molecular flexibility index (Phi) is 5.38. The molecule has 0 aliphatic carbocycles. The number of hydrogen-bond acceptors (Lipinski definition) is 3. The number of hydrogen-bond donors (Lipinski definition) is 3. The number of aromatic nitrogens is 1. The first kappa shape index (κ1) is 17.5. The van der Waals surface area contributed by atoms with E-state index < -0.39 is 5.97 Å². The predicted octanol–water partition coefficient (Wildman–Crippen LogP) is 1.66. The molecule has 2 heterocycles. The highest BCUT2D eigenvalue weighted by Crippen LogP contribution is 2.29. The fourth-order valence-corrected chi connectivity index (χ4v) is 3.43. The number of nitrogens with one attached hydrogen (secondary N) is 3. The monoisotopic (exact) mass is 344 g/mol. The van der Waals surface area contributed by atoms with Crippen LogP contribution in [0.4, 0.5) is 5.69 Å². The smallest absolute Gasteiger partial charge is 0.356 e. The van der Waals surface area contributed by atoms with E-state index in [1.165, 1.54) is 24.2 Å². The first-order valence-corrected chi connectivity index (χ1v) is 9.01. The van der Waals surface area contributed by atoms with Crippen LogP contribution in [0.3, 0.4) is 0 Å². The van der Waals surface area contributed by atoms with Crippen LogP contribution in [0, 0.1) is 6.92 Å². The average Bonchev–Trinajstić information content (AvgIpc) is 2.94. The Balaban J connectivity index is 1.86. The van der Waals surface area contributed by atoms with Gasteiger partial charge < -0.3 is 19.9 Å². The summed E-state index contributed by atoms with van der Waals surface area (Å²) in [6.07, 6.45) is 3.59. The number of aryl methyl sites for hydroxylation is 1. The summed E-state index contributed by atoms with van der Waals surface area (Å²) >= 11 is 0. The number of ether oxygens (including phenoxy) is 1. The predicted molar refractivity (Wildman–Crippen MR) is 97.0 cm³/mol. The fraction of sp³-hybridized carbons (Fsp3) is 0.474. The third kappa shape index (κ3) is 4.02. The van der Waals surface area contributed by atoms with Crippen LogP contribution < -0.4 is 10.2 Å². The lowest BCUT2D eigenvalue weighted by atomic mass is 10.1. The fourth-order valence-electron chi connectivity index (χ4n) is 3.43. The first-order chi connectivity index (χ1) is 12.1. The lowest BCUT2D eigenvalue weighted by molar-refractivity contribution is -0.896. The maximum Gasteiger partial charge on any atom is 0.356 e. The Morgan fingerprint density at radius 3 is 2.72 bits per heavy atom. The number of amides is 1. The summed E-state index contributed by atoms with van der Waals surface area (Å²) in [5.74, 6) is -0.512. The molecule has 1 saturated heterocycles. The van der Waals surface area contributed by atoms with Crippen LogP contribution in [0.15, 0.2) is 18.2 Å². The molecule has 0 radical (unpaired) electrons. The van der Waals surface area contributed by atoms with Crippen molar-refractivity contribution in [3.63, 3.8) is 0 Å². The minimum atomic E-state index is -0.447. The largest absolute Gasteiger partial charge is 0.461 e. The van der Waals surface area contributed by atoms with E-state index in [1.807, 2.05) is 25.1 Å². The van der Waals surface area contributed by atoms with Gasteiger partial charge in [0.1, 0.15) is 5.69 Å². The van der Waals surface area contributed by atoms with E-state index in [0.717, 1.165) is 29.6 Å². The van der Waals surface area contributed by atoms with E-state index in [1.54, 1.807) is 6.92 Å². The molecule has 3 rings (SSSR count). The van der Waals surface area contributed by atoms with Crippen LogP contribution in [0.1, 0.15) is 42.2 Å². The van der Waals surface area contributed by atoms with Gasteiger partial charge in [-0.15, -0.1) is 0 Å². The van der Waals surface area contributed by atoms with Crippen molar-refractivity contribution in [3.8, 4) is 0 Å². The second kappa shape index (κ2) is 7.70. The first-order valence-electron chi connectivity index (χ1n) is 9.01. The quantitative estimate of drug-likeness (QED) is 0.722. The second-order valence-electron chi connectivity index (χ2n) is 6.68. The van der Waals surface area contributed by atoms with Crippen molar-refractivity contribution in [3.05, 3.63) is 29.5 Å². The number of rotatable bonds is 5. The molecule has 1 aromatic heterocycles. The molecule has 3 N–H and O–H groups in total. The highest BCUT2D eigenvalue weighted by atomic mass is 16.5. The number of aromatic amines is 1. The Labute approximate surface area is 147 Å². The number of piperidine rings is 1. The van der Waals surface area contributed by atoms with Crippen molar-refractivity contribution in [1.82, 2.24) is 4.98 Å². The van der Waals surface area contributed by atoms with E-state index in [-0.39, 0.29) is 5.91 Å². The maximum absolute atomic E-state index is 12.5. The van der Waals surface area contributed by atoms with Gasteiger partial charge in [-0.25, -0.2) is 4.79 Å². The van der Waals surface area contributed by atoms with Crippen molar-refractivity contribution >= 4 is 28.5 Å². The molecule has 1 aromatic carbocycles. The molecule has 0 atom stereocenters. The van der Waals surface area contributed by atoms with Crippen LogP contribution >= 0.6 is 0 Å². The number of quaternary nitrogens is 1. The number of esters is 1. The average molecular weight is 344 g/mol. The van der Waals surface area contributed by atoms with E-state index in [4.69, 9.17) is 4.74 Å². The van der Waals surface area contributed by atoms with Crippen LogP contribution in [-0.4, -0.2) is 43.1 Å². The number of carbonyl (C=O) groups excluding carboxylic acids is 2. The molecule has 0 bridgehead atoms. The van der Waals surface area contributed by atoms with Crippen molar-refractivity contribution in [1.29, 1.82) is 0 Å². The lowest BCUT2D eigenvalue weighted by Gasteiger charge is -2.22. The van der Waals surface area contributed by atoms with Gasteiger partial charge in [-0.3, -0.25) is 4.79 Å². The number of carbonyl (C=O) groups is 2. The van der Waals surface area contributed by atoms with Gasteiger partial charge in [-0.1, -0.05) is 11.6 Å². The van der Waals surface area contributed by atoms with Crippen molar-refractivity contribution < 1.29 is 19.2 Å². The minimum Gasteiger partial charge on any atom is -0.461 e. The molecule has 134 valence electrons. The minimum absolute atomic E-state index is 0.0649. The summed E-state index contributed by atoms with van der Waals surface area (Å²) < 4.78 is 5.13. The number of benzene rings is 1. The van der Waals surface area contributed by atoms with Gasteiger partial charge >= 0.3 is 5.97 Å². The van der Waals surface area contributed by atoms with Crippen molar-refractivity contribution in [2.45, 2.75) is 33.1 Å². The van der Waals surface area contributed by atoms with Gasteiger partial charge in [0, 0.05) is 10.9 Å². The third-order valence-electron chi connectivity index (χ3n) is 4.67. The van der Waals surface area contributed by atoms with Crippen LogP contribution in [0.2, 0.25) is 0 Å². The lowest BCUT2D eigenvalue weighted by Crippen LogP contribution is -3.13. The summed E-state index contributed by atoms with van der Waals surface area (Å²) in [5, 5.41) is 3.79. The van der Waals surface area contributed by atoms with E-state index in [0.29, 0.717) is 24.5 Å². The highest BCUT2D eigenvalue weighted by molar-refractivity contribution is 6.11. The van der Waals surface area contributed by atoms with Crippen LogP contribution in [0.5, 0.6) is 0 Å². The Bertz CT molecular complexity index is 776. The molecule has 1 aliphatic rings. The Morgan fingerprint density at radius 2 is 2.00 bits per heavy atom.